The second kappa shape index (κ2) is 43.7. The van der Waals surface area contributed by atoms with Gasteiger partial charge in [0.1, 0.15) is 29.5 Å². The summed E-state index contributed by atoms with van der Waals surface area (Å²) >= 11 is 15.9. The summed E-state index contributed by atoms with van der Waals surface area (Å²) in [7, 11) is 0. The van der Waals surface area contributed by atoms with E-state index in [-0.39, 0.29) is 179 Å². The molecule has 3 aliphatic heterocycles. The van der Waals surface area contributed by atoms with Crippen LogP contribution >= 0.6 is 47.2 Å². The number of nitrogens with two attached hydrogens (primary N) is 1. The Morgan fingerprint density at radius 1 is 0.750 bits per heavy atom. The van der Waals surface area contributed by atoms with E-state index in [9.17, 15) is 54.0 Å². The quantitative estimate of drug-likeness (QED) is 0.0187. The first-order valence-corrected chi connectivity index (χ1v) is 27.2. The topological polar surface area (TPSA) is 348 Å². The van der Waals surface area contributed by atoms with Gasteiger partial charge in [0.05, 0.1) is 48.4 Å². The molecule has 0 radical (unpaired) electrons. The number of carbonyl (C=O) groups is 7. The van der Waals surface area contributed by atoms with Gasteiger partial charge in [-0.25, -0.2) is 9.59 Å². The van der Waals surface area contributed by atoms with Gasteiger partial charge in [-0.15, -0.1) is 23.9 Å². The van der Waals surface area contributed by atoms with Crippen LogP contribution in [-0.2, 0) is 39.0 Å². The molecule has 0 saturated carbocycles. The Morgan fingerprint density at radius 3 is 1.66 bits per heavy atom. The molecule has 0 unspecified atom stereocenters. The molecule has 3 heterocycles. The molecular formula is C57H69Cl4N5Na4O18. The van der Waals surface area contributed by atoms with Crippen LogP contribution in [0.3, 0.4) is 0 Å². The third kappa shape index (κ3) is 28.8. The molecular weight excluding hydrogens is 1280 g/mol. The summed E-state index contributed by atoms with van der Waals surface area (Å²) in [4.78, 5) is 83.0. The van der Waals surface area contributed by atoms with Gasteiger partial charge in [0.2, 0.25) is 9.70 Å². The van der Waals surface area contributed by atoms with E-state index in [0.717, 1.165) is 55.2 Å². The monoisotopic (exact) mass is 1340 g/mol. The molecule has 0 aliphatic carbocycles. The summed E-state index contributed by atoms with van der Waals surface area (Å²) in [5, 5.41) is 70.6. The number of hydrogen-bond acceptors (Lipinski definition) is 20. The zero-order valence-corrected chi connectivity index (χ0v) is 62.1. The van der Waals surface area contributed by atoms with E-state index in [1.165, 1.54) is 38.1 Å². The van der Waals surface area contributed by atoms with Crippen LogP contribution in [0.5, 0.6) is 28.7 Å². The number of amides is 1. The maximum atomic E-state index is 12.5. The number of alkyl halides is 3. The number of likely N-dealkylation sites (N-methyl/N-ethyl adjacent to an activating group) is 1. The van der Waals surface area contributed by atoms with Gasteiger partial charge in [-0.1, -0.05) is 111 Å². The summed E-state index contributed by atoms with van der Waals surface area (Å²) in [6.45, 7) is 14.4. The number of halogens is 4. The van der Waals surface area contributed by atoms with Crippen molar-refractivity contribution in [1.82, 2.24) is 19.6 Å². The zero-order valence-electron chi connectivity index (χ0n) is 51.0. The summed E-state index contributed by atoms with van der Waals surface area (Å²) in [6.07, 6.45) is 5.29. The molecule has 1 amide bonds. The Balaban J connectivity index is -0.00000107. The number of carboxylic acids is 4. The number of anilines is 1. The van der Waals surface area contributed by atoms with Crippen LogP contribution in [0.4, 0.5) is 5.69 Å². The molecule has 4 aromatic rings. The van der Waals surface area contributed by atoms with Crippen LogP contribution in [0, 0.1) is 0 Å². The molecule has 1 saturated heterocycles. The molecule has 0 aromatic heterocycles. The normalized spacial score (nSPS) is 12.7. The zero-order chi connectivity index (χ0) is 62.2. The van der Waals surface area contributed by atoms with Crippen molar-refractivity contribution in [2.45, 2.75) is 75.3 Å². The van der Waals surface area contributed by atoms with Crippen molar-refractivity contribution in [2.24, 2.45) is 0 Å². The average Bonchev–Trinajstić information content (AvgIpc) is 1.95. The van der Waals surface area contributed by atoms with Crippen molar-refractivity contribution >= 4 is 94.6 Å². The molecule has 1 spiro atoms. The van der Waals surface area contributed by atoms with E-state index >= 15 is 0 Å². The smallest absolute Gasteiger partial charge is 0.872 e. The Hall–Kier alpha value is -3.09. The minimum absolute atomic E-state index is 0. The van der Waals surface area contributed by atoms with Gasteiger partial charge in [0.25, 0.3) is 0 Å². The van der Waals surface area contributed by atoms with Gasteiger partial charge < -0.3 is 79.8 Å². The molecule has 1 fully saturated rings. The third-order valence-corrected chi connectivity index (χ3v) is 13.8. The van der Waals surface area contributed by atoms with Crippen LogP contribution in [-0.4, -0.2) is 165 Å². The second-order valence-corrected chi connectivity index (χ2v) is 21.3. The summed E-state index contributed by atoms with van der Waals surface area (Å²) in [5.41, 5.74) is 6.64. The van der Waals surface area contributed by atoms with Gasteiger partial charge >= 0.3 is 142 Å². The van der Waals surface area contributed by atoms with Crippen molar-refractivity contribution in [3.63, 3.8) is 0 Å². The van der Waals surface area contributed by atoms with E-state index in [4.69, 9.17) is 74.8 Å². The molecule has 5 N–H and O–H groups in total. The van der Waals surface area contributed by atoms with Crippen LogP contribution in [0.25, 0.3) is 0 Å². The molecule has 3 aliphatic rings. The van der Waals surface area contributed by atoms with Gasteiger partial charge in [-0.2, -0.15) is 0 Å². The van der Waals surface area contributed by atoms with Gasteiger partial charge in [-0.05, 0) is 82.4 Å². The number of esters is 2. The minimum Gasteiger partial charge on any atom is -0.872 e. The predicted molar refractivity (Wildman–Crippen MR) is 306 cm³/mol. The molecule has 4 aromatic carbocycles. The van der Waals surface area contributed by atoms with Gasteiger partial charge in [0, 0.05) is 62.4 Å². The molecule has 31 heteroatoms. The maximum absolute atomic E-state index is 12.5. The number of carboxylic acid groups (broad SMARTS) is 4. The summed E-state index contributed by atoms with van der Waals surface area (Å²) in [5.74, 6) is -5.43. The van der Waals surface area contributed by atoms with Crippen molar-refractivity contribution in [2.75, 3.05) is 84.4 Å². The van der Waals surface area contributed by atoms with Crippen molar-refractivity contribution in [3.8, 4) is 28.7 Å². The van der Waals surface area contributed by atoms with Crippen LogP contribution in [0.15, 0.2) is 91.6 Å². The number of hydrogen-bond donors (Lipinski definition) is 4. The number of nitrogens with zero attached hydrogens (tertiary/aromatic N) is 4. The fourth-order valence-corrected chi connectivity index (χ4v) is 7.96. The van der Waals surface area contributed by atoms with Crippen LogP contribution < -0.4 is 154 Å². The van der Waals surface area contributed by atoms with Crippen molar-refractivity contribution in [3.05, 3.63) is 119 Å². The fraction of sp³-hybridized carbons (Fsp3) is 0.421. The third-order valence-electron chi connectivity index (χ3n) is 12.4. The first-order chi connectivity index (χ1) is 39.0. The Kier molecular flexibility index (Phi) is 44.2. The Labute approximate surface area is 621 Å². The number of aliphatic hydroxyl groups is 1. The van der Waals surface area contributed by atoms with Crippen LogP contribution in [0.2, 0.25) is 0 Å². The van der Waals surface area contributed by atoms with E-state index in [0.29, 0.717) is 58.9 Å². The average molecular weight is 1350 g/mol. The Bertz CT molecular complexity index is 2770. The van der Waals surface area contributed by atoms with E-state index in [1.807, 2.05) is 12.1 Å². The largest absolute Gasteiger partial charge is 1.00 e. The molecule has 7 rings (SSSR count). The van der Waals surface area contributed by atoms with Crippen LogP contribution in [0.1, 0.15) is 97.7 Å². The number of ether oxygens (including phenoxy) is 4. The second-order valence-electron chi connectivity index (χ2n) is 19.0. The molecule has 23 nitrogen and oxygen atoms in total. The predicted octanol–water partition coefficient (Wildman–Crippen LogP) is -8.07. The first-order valence-electron chi connectivity index (χ1n) is 26.1. The Morgan fingerprint density at radius 2 is 1.25 bits per heavy atom. The van der Waals surface area contributed by atoms with Gasteiger partial charge in [-0.3, -0.25) is 24.2 Å². The standard InChI is InChI=1S/C20H12O5.C17H28N2O3.C10H16N2O8.C6H9NO.C4H7Cl3O.ClH.4Na/c21-11-5-7-15-17(9-11)24-18-10-12(22)6-8-16(18)20(15)14-4-2-1-3-13(14)19(23)25-20;1-4-7-11-21-16-13-14(8-9-15(16)18)17(20)22-12-10-19(5-2)6-3;13-7(14)3-11(4-8(15)16)1-2-12(5-9(17)18)6-10(19)20;1-2-7-5-3-4-6(7)8;1-3(2,8)4(5,6)7;;;;;/h1-10,21-22H;8-9,13H,4-7,10-12,18H2,1-3H3;1-6H2,(H,13,14)(H,15,16)(H,17,18)(H,19,20);2H,1,3-5H2;8H,1-2H3;1H;;;;/q;;;;;;4*+1/p-4. The number of likely N-dealkylation sites (tertiary alicyclic amines) is 1. The number of benzene rings is 4. The summed E-state index contributed by atoms with van der Waals surface area (Å²) < 4.78 is 21.0. The SMILES string of the molecule is C=CN1CCCC1=O.CC(C)(O)C(Cl)(Cl)Cl.CCCCOc1cc(C(=O)OCCN(CC)CC)ccc1N.Cl.O=C([O-])CN(CCN(CC(=O)[O-])CC(=O)O)CC(=O)O.O=C1OC2(c3ccc([O-])cc3Oc3cc([O-])ccc32)c2ccccc21.[Na+].[Na+].[Na+].[Na+]. The molecule has 0 bridgehead atoms. The van der Waals surface area contributed by atoms with Gasteiger partial charge in [0.15, 0.2) is 5.60 Å². The molecule has 88 heavy (non-hydrogen) atoms. The molecule has 0 atom stereocenters. The number of rotatable bonds is 22. The van der Waals surface area contributed by atoms with Crippen molar-refractivity contribution < 1.29 is 206 Å². The molecule has 462 valence electrons. The minimum atomic E-state index is -1.59. The number of nitrogen functional groups attached to an aromatic ring is 1. The summed E-state index contributed by atoms with van der Waals surface area (Å²) in [6, 6.07) is 20.8. The number of aliphatic carboxylic acids is 4. The van der Waals surface area contributed by atoms with Crippen molar-refractivity contribution in [1.29, 1.82) is 0 Å². The maximum Gasteiger partial charge on any atom is 1.00 e. The number of fused-ring (bicyclic) bond motifs is 6. The first kappa shape index (κ1) is 89.1. The number of carbonyl (C=O) groups excluding carboxylic acids is 5. The fourth-order valence-electron chi connectivity index (χ4n) is 7.96. The van der Waals surface area contributed by atoms with E-state index < -0.39 is 71.0 Å². The number of unbranched alkanes of at least 4 members (excludes halogenated alkanes) is 1. The van der Waals surface area contributed by atoms with E-state index in [1.54, 1.807) is 53.6 Å². The van der Waals surface area contributed by atoms with E-state index in [2.05, 4.69) is 32.3 Å².